The Balaban J connectivity index is 2.11. The van der Waals surface area contributed by atoms with E-state index in [1.54, 1.807) is 7.11 Å². The molecule has 0 aliphatic heterocycles. The predicted octanol–water partition coefficient (Wildman–Crippen LogP) is 2.55. The summed E-state index contributed by atoms with van der Waals surface area (Å²) in [4.78, 5) is 11.6. The molecule has 0 fully saturated rings. The Labute approximate surface area is 127 Å². The van der Waals surface area contributed by atoms with Crippen LogP contribution in [0.2, 0.25) is 0 Å². The Hall–Kier alpha value is -2.39. The van der Waals surface area contributed by atoms with E-state index in [9.17, 15) is 4.79 Å². The molecule has 21 heavy (non-hydrogen) atoms. The first-order valence-electron chi connectivity index (χ1n) is 7.09. The fraction of sp³-hybridized carbons (Fsp3) is 0.389. The van der Waals surface area contributed by atoms with Crippen LogP contribution in [-0.4, -0.2) is 19.6 Å². The minimum absolute atomic E-state index is 0.0911. The van der Waals surface area contributed by atoms with Crippen molar-refractivity contribution in [3.8, 4) is 29.9 Å². The summed E-state index contributed by atoms with van der Waals surface area (Å²) in [5.74, 6) is 8.62. The monoisotopic (exact) mass is 283 g/mol. The van der Waals surface area contributed by atoms with Crippen molar-refractivity contribution in [1.29, 1.82) is 0 Å². The lowest BCUT2D eigenvalue weighted by Crippen LogP contribution is -2.25. The molecule has 0 atom stereocenters. The van der Waals surface area contributed by atoms with Crippen LogP contribution >= 0.6 is 0 Å². The molecular formula is C18H21NO2. The summed E-state index contributed by atoms with van der Waals surface area (Å²) < 4.78 is 5.10. The van der Waals surface area contributed by atoms with Gasteiger partial charge in [-0.05, 0) is 48.8 Å². The van der Waals surface area contributed by atoms with Gasteiger partial charge in [0.15, 0.2) is 0 Å². The van der Waals surface area contributed by atoms with Crippen LogP contribution in [0.4, 0.5) is 0 Å². The van der Waals surface area contributed by atoms with Gasteiger partial charge in [-0.25, -0.2) is 0 Å². The summed E-state index contributed by atoms with van der Waals surface area (Å²) in [6.07, 6.45) is 8.88. The normalized spacial score (nSPS) is 9.14. The van der Waals surface area contributed by atoms with Crippen molar-refractivity contribution >= 4 is 5.91 Å². The van der Waals surface area contributed by atoms with Gasteiger partial charge in [-0.3, -0.25) is 4.79 Å². The van der Waals surface area contributed by atoms with Gasteiger partial charge in [-0.2, -0.15) is 0 Å². The second-order valence-electron chi connectivity index (χ2n) is 4.60. The molecule has 0 spiro atoms. The molecule has 0 saturated heterocycles. The van der Waals surface area contributed by atoms with Crippen molar-refractivity contribution in [2.24, 2.45) is 0 Å². The van der Waals surface area contributed by atoms with Gasteiger partial charge >= 0.3 is 0 Å². The van der Waals surface area contributed by atoms with Crippen molar-refractivity contribution in [3.63, 3.8) is 0 Å². The van der Waals surface area contributed by atoms with Crippen molar-refractivity contribution < 1.29 is 9.53 Å². The quantitative estimate of drug-likeness (QED) is 0.588. The fourth-order valence-corrected chi connectivity index (χ4v) is 1.84. The highest BCUT2D eigenvalue weighted by Crippen LogP contribution is 2.11. The molecule has 3 nitrogen and oxygen atoms in total. The molecule has 0 bridgehead atoms. The zero-order valence-electron chi connectivity index (χ0n) is 12.4. The van der Waals surface area contributed by atoms with Gasteiger partial charge in [-0.15, -0.1) is 6.42 Å². The maximum Gasteiger partial charge on any atom is 0.220 e. The van der Waals surface area contributed by atoms with Crippen LogP contribution in [-0.2, 0) is 11.2 Å². The smallest absolute Gasteiger partial charge is 0.220 e. The van der Waals surface area contributed by atoms with Crippen LogP contribution in [0.3, 0.4) is 0 Å². The third-order valence-corrected chi connectivity index (χ3v) is 3.01. The molecule has 0 aliphatic carbocycles. The number of rotatable bonds is 8. The molecule has 1 aromatic carbocycles. The first kappa shape index (κ1) is 16.7. The van der Waals surface area contributed by atoms with Gasteiger partial charge in [0.2, 0.25) is 5.91 Å². The van der Waals surface area contributed by atoms with Crippen molar-refractivity contribution in [1.82, 2.24) is 5.32 Å². The Bertz CT molecular complexity index is 529. The summed E-state index contributed by atoms with van der Waals surface area (Å²) in [6.45, 7) is 0.655. The lowest BCUT2D eigenvalue weighted by Gasteiger charge is -2.06. The first-order valence-corrected chi connectivity index (χ1v) is 7.09. The van der Waals surface area contributed by atoms with Gasteiger partial charge in [-0.1, -0.05) is 18.1 Å². The minimum Gasteiger partial charge on any atom is -0.497 e. The fourth-order valence-electron chi connectivity index (χ4n) is 1.84. The highest BCUT2D eigenvalue weighted by atomic mass is 16.5. The maximum absolute atomic E-state index is 11.6. The molecular weight excluding hydrogens is 262 g/mol. The number of hydrogen-bond donors (Lipinski definition) is 1. The van der Waals surface area contributed by atoms with Gasteiger partial charge in [0, 0.05) is 19.4 Å². The zero-order valence-corrected chi connectivity index (χ0v) is 12.4. The average Bonchev–Trinajstić information content (AvgIpc) is 2.51. The van der Waals surface area contributed by atoms with E-state index in [0.29, 0.717) is 13.0 Å². The van der Waals surface area contributed by atoms with Crippen molar-refractivity contribution in [3.05, 3.63) is 29.8 Å². The summed E-state index contributed by atoms with van der Waals surface area (Å²) in [5.41, 5.74) is 1.18. The number of amides is 1. The highest BCUT2D eigenvalue weighted by Gasteiger charge is 2.00. The van der Waals surface area contributed by atoms with Crippen LogP contribution in [0.25, 0.3) is 0 Å². The van der Waals surface area contributed by atoms with Gasteiger partial charge in [0.05, 0.1) is 7.11 Å². The van der Waals surface area contributed by atoms with Crippen LogP contribution < -0.4 is 10.1 Å². The van der Waals surface area contributed by atoms with Gasteiger partial charge < -0.3 is 10.1 Å². The summed E-state index contributed by atoms with van der Waals surface area (Å²) >= 11 is 0. The largest absolute Gasteiger partial charge is 0.497 e. The molecule has 1 rings (SSSR count). The molecule has 110 valence electrons. The van der Waals surface area contributed by atoms with Crippen LogP contribution in [0.1, 0.15) is 31.2 Å². The standard InChI is InChI=1S/C18H21NO2/c1-3-4-5-6-7-8-9-18(20)19-15-14-16-10-12-17(21-2)13-11-16/h1,10-13H,6-9,14-15H2,2H3,(H,19,20). The molecule has 1 N–H and O–H groups in total. The minimum atomic E-state index is 0.0911. The molecule has 0 aliphatic rings. The van der Waals surface area contributed by atoms with E-state index in [2.05, 4.69) is 23.1 Å². The third kappa shape index (κ3) is 7.70. The van der Waals surface area contributed by atoms with E-state index in [1.165, 1.54) is 5.56 Å². The maximum atomic E-state index is 11.6. The second-order valence-corrected chi connectivity index (χ2v) is 4.60. The lowest BCUT2D eigenvalue weighted by atomic mass is 10.1. The predicted molar refractivity (Wildman–Crippen MR) is 84.8 cm³/mol. The SMILES string of the molecule is C#CC#CCCCCC(=O)NCCc1ccc(OC)cc1. The second kappa shape index (κ2) is 10.4. The number of methoxy groups -OCH3 is 1. The van der Waals surface area contributed by atoms with E-state index < -0.39 is 0 Å². The van der Waals surface area contributed by atoms with Crippen LogP contribution in [0.5, 0.6) is 5.75 Å². The van der Waals surface area contributed by atoms with Gasteiger partial charge in [0.25, 0.3) is 0 Å². The van der Waals surface area contributed by atoms with Crippen molar-refractivity contribution in [2.45, 2.75) is 32.1 Å². The molecule has 1 amide bonds. The number of nitrogens with one attached hydrogen (secondary N) is 1. The average molecular weight is 283 g/mol. The van der Waals surface area contributed by atoms with Crippen LogP contribution in [0, 0.1) is 24.2 Å². The van der Waals surface area contributed by atoms with E-state index >= 15 is 0 Å². The molecule has 1 aromatic rings. The molecule has 0 radical (unpaired) electrons. The number of ether oxygens (including phenoxy) is 1. The summed E-state index contributed by atoms with van der Waals surface area (Å²) in [6, 6.07) is 7.87. The number of terminal acetylenes is 1. The topological polar surface area (TPSA) is 38.3 Å². The number of benzene rings is 1. The van der Waals surface area contributed by atoms with E-state index in [-0.39, 0.29) is 5.91 Å². The lowest BCUT2D eigenvalue weighted by molar-refractivity contribution is -0.121. The Morgan fingerprint density at radius 3 is 2.71 bits per heavy atom. The highest BCUT2D eigenvalue weighted by molar-refractivity contribution is 5.75. The number of hydrogen-bond acceptors (Lipinski definition) is 2. The summed E-state index contributed by atoms with van der Waals surface area (Å²) in [7, 11) is 1.65. The molecule has 0 unspecified atom stereocenters. The number of unbranched alkanes of at least 4 members (excludes halogenated alkanes) is 2. The van der Waals surface area contributed by atoms with Crippen LogP contribution in [0.15, 0.2) is 24.3 Å². The number of carbonyl (C=O) groups is 1. The molecule has 0 saturated carbocycles. The molecule has 0 aromatic heterocycles. The Kier molecular flexibility index (Phi) is 8.26. The molecule has 3 heteroatoms. The third-order valence-electron chi connectivity index (χ3n) is 3.01. The first-order chi connectivity index (χ1) is 10.3. The molecule has 0 heterocycles. The van der Waals surface area contributed by atoms with E-state index in [1.807, 2.05) is 24.3 Å². The van der Waals surface area contributed by atoms with E-state index in [0.717, 1.165) is 31.4 Å². The Morgan fingerprint density at radius 1 is 1.29 bits per heavy atom. The van der Waals surface area contributed by atoms with Gasteiger partial charge in [0.1, 0.15) is 5.75 Å². The Morgan fingerprint density at radius 2 is 2.05 bits per heavy atom. The van der Waals surface area contributed by atoms with E-state index in [4.69, 9.17) is 11.2 Å². The zero-order chi connectivity index (χ0) is 15.3. The van der Waals surface area contributed by atoms with Crippen molar-refractivity contribution in [2.75, 3.05) is 13.7 Å². The number of carbonyl (C=O) groups excluding carboxylic acids is 1. The summed E-state index contributed by atoms with van der Waals surface area (Å²) in [5, 5.41) is 2.92.